The van der Waals surface area contributed by atoms with E-state index in [1.165, 1.54) is 0 Å². The molecule has 0 bridgehead atoms. The summed E-state index contributed by atoms with van der Waals surface area (Å²) < 4.78 is 37.9. The molecular weight excluding hydrogens is 329 g/mol. The van der Waals surface area contributed by atoms with Gasteiger partial charge in [0.1, 0.15) is 5.82 Å². The van der Waals surface area contributed by atoms with Crippen LogP contribution >= 0.6 is 31.9 Å². The fourth-order valence-electron chi connectivity index (χ4n) is 0.871. The Hall–Kier alpha value is -0.0700. The van der Waals surface area contributed by atoms with Crippen molar-refractivity contribution in [3.63, 3.8) is 0 Å². The molecule has 1 N–H and O–H groups in total. The molecule has 0 amide bonds. The highest BCUT2D eigenvalue weighted by Crippen LogP contribution is 2.37. The fourth-order valence-corrected chi connectivity index (χ4v) is 1.53. The summed E-state index contributed by atoms with van der Waals surface area (Å²) in [5.41, 5.74) is -0.0693. The van der Waals surface area contributed by atoms with Gasteiger partial charge in [-0.2, -0.15) is 8.78 Å². The Bertz CT molecular complexity index is 338. The van der Waals surface area contributed by atoms with Gasteiger partial charge in [0.25, 0.3) is 0 Å². The van der Waals surface area contributed by atoms with Crippen molar-refractivity contribution >= 4 is 31.9 Å². The lowest BCUT2D eigenvalue weighted by Crippen LogP contribution is -2.18. The van der Waals surface area contributed by atoms with E-state index in [0.717, 1.165) is 18.2 Å². The Morgan fingerprint density at radius 3 is 2.36 bits per heavy atom. The van der Waals surface area contributed by atoms with Crippen LogP contribution in [0, 0.1) is 5.82 Å². The number of halogens is 5. The Kier molecular flexibility index (Phi) is 3.60. The second-order valence-electron chi connectivity index (χ2n) is 2.62. The average Bonchev–Trinajstić information content (AvgIpc) is 2.07. The highest BCUT2D eigenvalue weighted by molar-refractivity contribution is 9.10. The second kappa shape index (κ2) is 4.20. The molecule has 0 spiro atoms. The Morgan fingerprint density at radius 2 is 1.93 bits per heavy atom. The van der Waals surface area contributed by atoms with E-state index in [1.807, 2.05) is 15.9 Å². The predicted molar refractivity (Wildman–Crippen MR) is 52.9 cm³/mol. The van der Waals surface area contributed by atoms with E-state index < -0.39 is 16.8 Å². The lowest BCUT2D eigenvalue weighted by Gasteiger charge is -2.16. The molecule has 6 heteroatoms. The van der Waals surface area contributed by atoms with Crippen LogP contribution < -0.4 is 0 Å². The summed E-state index contributed by atoms with van der Waals surface area (Å²) in [5.74, 6) is -0.571. The first kappa shape index (κ1) is 12.0. The van der Waals surface area contributed by atoms with E-state index in [2.05, 4.69) is 15.9 Å². The summed E-state index contributed by atoms with van der Waals surface area (Å²) in [6.45, 7) is 0. The highest BCUT2D eigenvalue weighted by atomic mass is 79.9. The molecule has 14 heavy (non-hydrogen) atoms. The van der Waals surface area contributed by atoms with Gasteiger partial charge in [0.05, 0.1) is 4.47 Å². The number of aliphatic hydroxyl groups is 1. The first-order valence-corrected chi connectivity index (χ1v) is 5.10. The van der Waals surface area contributed by atoms with Crippen LogP contribution in [-0.4, -0.2) is 9.94 Å². The van der Waals surface area contributed by atoms with E-state index in [1.54, 1.807) is 0 Å². The molecule has 0 heterocycles. The summed E-state index contributed by atoms with van der Waals surface area (Å²) in [7, 11) is 0. The van der Waals surface area contributed by atoms with Crippen LogP contribution in [0.4, 0.5) is 13.2 Å². The summed E-state index contributed by atoms with van der Waals surface area (Å²) in [6, 6.07) is 3.20. The third-order valence-electron chi connectivity index (χ3n) is 1.57. The molecule has 0 aliphatic heterocycles. The standard InChI is InChI=1S/C8H5Br2F3O/c9-5-3-4(1-2-6(5)11)7(14)8(10,12)13/h1-3,7,14H. The van der Waals surface area contributed by atoms with E-state index in [0.29, 0.717) is 0 Å². The third-order valence-corrected chi connectivity index (χ3v) is 2.61. The van der Waals surface area contributed by atoms with Crippen molar-refractivity contribution in [3.8, 4) is 0 Å². The van der Waals surface area contributed by atoms with Gasteiger partial charge in [-0.1, -0.05) is 6.07 Å². The maximum absolute atomic E-state index is 12.7. The largest absolute Gasteiger partial charge is 0.381 e. The van der Waals surface area contributed by atoms with Crippen LogP contribution in [0.25, 0.3) is 0 Å². The SMILES string of the molecule is OC(c1ccc(F)c(Br)c1)C(F)(F)Br. The monoisotopic (exact) mass is 332 g/mol. The summed E-state index contributed by atoms with van der Waals surface area (Å²) in [6.07, 6.45) is -2.00. The molecular formula is C8H5Br2F3O. The van der Waals surface area contributed by atoms with Crippen LogP contribution in [-0.2, 0) is 0 Å². The van der Waals surface area contributed by atoms with Crippen LogP contribution in [0.15, 0.2) is 22.7 Å². The minimum atomic E-state index is -3.43. The minimum absolute atomic E-state index is 0.0331. The zero-order valence-corrected chi connectivity index (χ0v) is 9.82. The van der Waals surface area contributed by atoms with Gasteiger partial charge in [-0.15, -0.1) is 0 Å². The zero-order chi connectivity index (χ0) is 10.9. The third kappa shape index (κ3) is 2.71. The lowest BCUT2D eigenvalue weighted by atomic mass is 10.1. The number of hydrogen-bond acceptors (Lipinski definition) is 1. The maximum atomic E-state index is 12.7. The molecule has 1 unspecified atom stereocenters. The van der Waals surface area contributed by atoms with Crippen molar-refractivity contribution in [3.05, 3.63) is 34.1 Å². The Labute approximate surface area is 95.2 Å². The van der Waals surface area contributed by atoms with Crippen molar-refractivity contribution in [2.24, 2.45) is 0 Å². The highest BCUT2D eigenvalue weighted by Gasteiger charge is 2.36. The lowest BCUT2D eigenvalue weighted by molar-refractivity contribution is -0.0295. The number of hydrogen-bond donors (Lipinski definition) is 1. The molecule has 0 saturated carbocycles. The molecule has 0 aromatic heterocycles. The molecule has 0 fully saturated rings. The van der Waals surface area contributed by atoms with Crippen LogP contribution in [0.3, 0.4) is 0 Å². The molecule has 0 saturated heterocycles. The van der Waals surface area contributed by atoms with Crippen molar-refractivity contribution in [2.45, 2.75) is 10.9 Å². The van der Waals surface area contributed by atoms with Crippen molar-refractivity contribution in [1.82, 2.24) is 0 Å². The number of benzene rings is 1. The topological polar surface area (TPSA) is 20.2 Å². The van der Waals surface area contributed by atoms with E-state index in [9.17, 15) is 13.2 Å². The van der Waals surface area contributed by atoms with Crippen molar-refractivity contribution < 1.29 is 18.3 Å². The fraction of sp³-hybridized carbons (Fsp3) is 0.250. The zero-order valence-electron chi connectivity index (χ0n) is 6.65. The minimum Gasteiger partial charge on any atom is -0.381 e. The average molecular weight is 334 g/mol. The van der Waals surface area contributed by atoms with Gasteiger partial charge in [-0.05, 0) is 49.6 Å². The summed E-state index contributed by atoms with van der Waals surface area (Å²) in [5, 5.41) is 9.13. The predicted octanol–water partition coefficient (Wildman–Crippen LogP) is 3.61. The summed E-state index contributed by atoms with van der Waals surface area (Å²) >= 11 is 4.87. The quantitative estimate of drug-likeness (QED) is 0.820. The first-order chi connectivity index (χ1) is 6.32. The Morgan fingerprint density at radius 1 is 1.36 bits per heavy atom. The van der Waals surface area contributed by atoms with Gasteiger partial charge in [0, 0.05) is 0 Å². The smallest absolute Gasteiger partial charge is 0.330 e. The van der Waals surface area contributed by atoms with Gasteiger partial charge in [-0.25, -0.2) is 4.39 Å². The molecule has 0 radical (unpaired) electrons. The van der Waals surface area contributed by atoms with Gasteiger partial charge in [-0.3, -0.25) is 0 Å². The summed E-state index contributed by atoms with van der Waals surface area (Å²) in [4.78, 5) is -3.43. The number of rotatable bonds is 2. The molecule has 1 atom stereocenters. The molecule has 1 aromatic carbocycles. The molecule has 1 aromatic rings. The normalized spacial score (nSPS) is 14.1. The van der Waals surface area contributed by atoms with Crippen LogP contribution in [0.2, 0.25) is 0 Å². The molecule has 1 rings (SSSR count). The molecule has 1 nitrogen and oxygen atoms in total. The van der Waals surface area contributed by atoms with Crippen LogP contribution in [0.5, 0.6) is 0 Å². The number of aliphatic hydroxyl groups excluding tert-OH is 1. The van der Waals surface area contributed by atoms with Crippen LogP contribution in [0.1, 0.15) is 11.7 Å². The van der Waals surface area contributed by atoms with Gasteiger partial charge in [0.15, 0.2) is 6.10 Å². The first-order valence-electron chi connectivity index (χ1n) is 3.52. The van der Waals surface area contributed by atoms with Crippen molar-refractivity contribution in [1.29, 1.82) is 0 Å². The van der Waals surface area contributed by atoms with Gasteiger partial charge >= 0.3 is 4.83 Å². The van der Waals surface area contributed by atoms with Crippen molar-refractivity contribution in [2.75, 3.05) is 0 Å². The van der Waals surface area contributed by atoms with E-state index in [4.69, 9.17) is 5.11 Å². The number of alkyl halides is 3. The van der Waals surface area contributed by atoms with Gasteiger partial charge < -0.3 is 5.11 Å². The maximum Gasteiger partial charge on any atom is 0.330 e. The van der Waals surface area contributed by atoms with Gasteiger partial charge in [0.2, 0.25) is 0 Å². The molecule has 78 valence electrons. The second-order valence-corrected chi connectivity index (χ2v) is 4.53. The Balaban J connectivity index is 3.03. The molecule has 0 aliphatic carbocycles. The van der Waals surface area contributed by atoms with E-state index in [-0.39, 0.29) is 10.0 Å². The van der Waals surface area contributed by atoms with E-state index >= 15 is 0 Å². The molecule has 0 aliphatic rings.